The van der Waals surface area contributed by atoms with Crippen molar-refractivity contribution in [3.63, 3.8) is 0 Å². The Morgan fingerprint density at radius 3 is 2.67 bits per heavy atom. The van der Waals surface area contributed by atoms with Crippen LogP contribution < -0.4 is 15.4 Å². The number of hydrogen-bond acceptors (Lipinski definition) is 4. The highest BCUT2D eigenvalue weighted by Gasteiger charge is 2.07. The molecule has 1 heterocycles. The average molecular weight is 327 g/mol. The second kappa shape index (κ2) is 8.91. The quantitative estimate of drug-likeness (QED) is 0.779. The van der Waals surface area contributed by atoms with Crippen LogP contribution in [0.1, 0.15) is 36.3 Å². The highest BCUT2D eigenvalue weighted by Crippen LogP contribution is 2.18. The number of para-hydroxylation sites is 1. The van der Waals surface area contributed by atoms with Crippen LogP contribution in [0.5, 0.6) is 5.75 Å². The largest absolute Gasteiger partial charge is 0.496 e. The molecule has 1 aromatic heterocycles. The summed E-state index contributed by atoms with van der Waals surface area (Å²) in [7, 11) is 1.66. The predicted molar refractivity (Wildman–Crippen MR) is 96.3 cm³/mol. The third-order valence-corrected chi connectivity index (χ3v) is 3.68. The molecule has 1 amide bonds. The standard InChI is InChI=1S/C19H25N3O2/c1-14(2)10-11-20-19(23)17-9-8-16(13-22-17)21-12-15-6-4-5-7-18(15)24-3/h4-9,13-14,21H,10-12H2,1-3H3,(H,20,23). The molecular weight excluding hydrogens is 302 g/mol. The SMILES string of the molecule is COc1ccccc1CNc1ccc(C(=O)NCCC(C)C)nc1. The van der Waals surface area contributed by atoms with Crippen molar-refractivity contribution in [1.29, 1.82) is 0 Å². The number of nitrogens with zero attached hydrogens (tertiary/aromatic N) is 1. The summed E-state index contributed by atoms with van der Waals surface area (Å²) in [6, 6.07) is 11.4. The minimum absolute atomic E-state index is 0.132. The van der Waals surface area contributed by atoms with Gasteiger partial charge in [0.2, 0.25) is 0 Å². The minimum atomic E-state index is -0.132. The van der Waals surface area contributed by atoms with Crippen molar-refractivity contribution in [3.05, 3.63) is 53.9 Å². The topological polar surface area (TPSA) is 63.2 Å². The molecule has 2 N–H and O–H groups in total. The van der Waals surface area contributed by atoms with Gasteiger partial charge in [-0.1, -0.05) is 32.0 Å². The zero-order chi connectivity index (χ0) is 17.4. The molecule has 0 spiro atoms. The molecular formula is C19H25N3O2. The summed E-state index contributed by atoms with van der Waals surface area (Å²) < 4.78 is 5.33. The summed E-state index contributed by atoms with van der Waals surface area (Å²) in [5.74, 6) is 1.28. The molecule has 1 aromatic carbocycles. The van der Waals surface area contributed by atoms with Gasteiger partial charge in [0.15, 0.2) is 0 Å². The van der Waals surface area contributed by atoms with Gasteiger partial charge < -0.3 is 15.4 Å². The molecule has 0 saturated heterocycles. The van der Waals surface area contributed by atoms with Gasteiger partial charge >= 0.3 is 0 Å². The van der Waals surface area contributed by atoms with Crippen LogP contribution in [0.4, 0.5) is 5.69 Å². The lowest BCUT2D eigenvalue weighted by atomic mass is 10.1. The predicted octanol–water partition coefficient (Wildman–Crippen LogP) is 3.48. The Morgan fingerprint density at radius 2 is 2.00 bits per heavy atom. The van der Waals surface area contributed by atoms with E-state index in [0.29, 0.717) is 24.7 Å². The second-order valence-electron chi connectivity index (χ2n) is 6.04. The van der Waals surface area contributed by atoms with Gasteiger partial charge in [0.05, 0.1) is 19.0 Å². The molecule has 0 aliphatic rings. The number of ether oxygens (including phenoxy) is 1. The number of benzene rings is 1. The van der Waals surface area contributed by atoms with E-state index in [4.69, 9.17) is 4.74 Å². The van der Waals surface area contributed by atoms with E-state index in [9.17, 15) is 4.79 Å². The molecule has 2 rings (SSSR count). The Balaban J connectivity index is 1.89. The molecule has 0 unspecified atom stereocenters. The monoisotopic (exact) mass is 327 g/mol. The zero-order valence-electron chi connectivity index (χ0n) is 14.5. The number of rotatable bonds is 8. The first-order chi connectivity index (χ1) is 11.6. The smallest absolute Gasteiger partial charge is 0.269 e. The first kappa shape index (κ1) is 17.8. The van der Waals surface area contributed by atoms with Gasteiger partial charge in [0, 0.05) is 18.7 Å². The van der Waals surface area contributed by atoms with Crippen LogP contribution in [0.15, 0.2) is 42.6 Å². The first-order valence-corrected chi connectivity index (χ1v) is 8.20. The molecule has 0 radical (unpaired) electrons. The molecule has 0 aliphatic carbocycles. The Kier molecular flexibility index (Phi) is 6.61. The second-order valence-corrected chi connectivity index (χ2v) is 6.04. The maximum Gasteiger partial charge on any atom is 0.269 e. The first-order valence-electron chi connectivity index (χ1n) is 8.20. The Morgan fingerprint density at radius 1 is 1.21 bits per heavy atom. The molecule has 0 aliphatic heterocycles. The molecule has 5 heteroatoms. The van der Waals surface area contributed by atoms with E-state index in [1.807, 2.05) is 30.3 Å². The maximum atomic E-state index is 12.0. The van der Waals surface area contributed by atoms with Crippen molar-refractivity contribution < 1.29 is 9.53 Å². The fourth-order valence-corrected chi connectivity index (χ4v) is 2.24. The number of aromatic nitrogens is 1. The van der Waals surface area contributed by atoms with E-state index < -0.39 is 0 Å². The zero-order valence-corrected chi connectivity index (χ0v) is 14.5. The summed E-state index contributed by atoms with van der Waals surface area (Å²) in [5.41, 5.74) is 2.36. The summed E-state index contributed by atoms with van der Waals surface area (Å²) in [6.45, 7) is 5.57. The van der Waals surface area contributed by atoms with Crippen LogP contribution in [0.25, 0.3) is 0 Å². The van der Waals surface area contributed by atoms with Crippen LogP contribution >= 0.6 is 0 Å². The molecule has 24 heavy (non-hydrogen) atoms. The third kappa shape index (κ3) is 5.26. The molecule has 0 bridgehead atoms. The number of hydrogen-bond donors (Lipinski definition) is 2. The van der Waals surface area contributed by atoms with Crippen LogP contribution in [0.3, 0.4) is 0 Å². The van der Waals surface area contributed by atoms with Gasteiger partial charge in [-0.05, 0) is 30.5 Å². The molecule has 0 saturated carbocycles. The molecule has 5 nitrogen and oxygen atoms in total. The minimum Gasteiger partial charge on any atom is -0.496 e. The van der Waals surface area contributed by atoms with Gasteiger partial charge in [-0.2, -0.15) is 0 Å². The van der Waals surface area contributed by atoms with Crippen LogP contribution in [0, 0.1) is 5.92 Å². The Bertz CT molecular complexity index is 654. The summed E-state index contributed by atoms with van der Waals surface area (Å²) >= 11 is 0. The lowest BCUT2D eigenvalue weighted by Crippen LogP contribution is -2.26. The van der Waals surface area contributed by atoms with Gasteiger partial charge in [-0.15, -0.1) is 0 Å². The summed E-state index contributed by atoms with van der Waals surface area (Å²) in [5, 5.41) is 6.17. The van der Waals surface area contributed by atoms with Crippen molar-refractivity contribution in [1.82, 2.24) is 10.3 Å². The number of amides is 1. The lowest BCUT2D eigenvalue weighted by Gasteiger charge is -2.11. The van der Waals surface area contributed by atoms with E-state index in [0.717, 1.165) is 23.4 Å². The van der Waals surface area contributed by atoms with E-state index in [-0.39, 0.29) is 5.91 Å². The highest BCUT2D eigenvalue weighted by molar-refractivity contribution is 5.92. The number of methoxy groups -OCH3 is 1. The number of carbonyl (C=O) groups is 1. The maximum absolute atomic E-state index is 12.0. The van der Waals surface area contributed by atoms with Crippen molar-refractivity contribution in [2.75, 3.05) is 19.0 Å². The van der Waals surface area contributed by atoms with Crippen molar-refractivity contribution in [2.45, 2.75) is 26.8 Å². The molecule has 128 valence electrons. The normalized spacial score (nSPS) is 10.5. The number of anilines is 1. The van der Waals surface area contributed by atoms with Crippen molar-refractivity contribution in [3.8, 4) is 5.75 Å². The van der Waals surface area contributed by atoms with Crippen molar-refractivity contribution >= 4 is 11.6 Å². The van der Waals surface area contributed by atoms with Gasteiger partial charge in [0.1, 0.15) is 11.4 Å². The lowest BCUT2D eigenvalue weighted by molar-refractivity contribution is 0.0947. The Labute approximate surface area is 143 Å². The molecule has 0 fully saturated rings. The van der Waals surface area contributed by atoms with Gasteiger partial charge in [-0.3, -0.25) is 4.79 Å². The van der Waals surface area contributed by atoms with E-state index in [2.05, 4.69) is 29.5 Å². The number of nitrogens with one attached hydrogen (secondary N) is 2. The fourth-order valence-electron chi connectivity index (χ4n) is 2.24. The van der Waals surface area contributed by atoms with Crippen LogP contribution in [-0.2, 0) is 6.54 Å². The number of pyridine rings is 1. The van der Waals surface area contributed by atoms with Crippen molar-refractivity contribution in [2.24, 2.45) is 5.92 Å². The summed E-state index contributed by atoms with van der Waals surface area (Å²) in [6.07, 6.45) is 2.64. The Hall–Kier alpha value is -2.56. The van der Waals surface area contributed by atoms with Crippen LogP contribution in [-0.4, -0.2) is 24.5 Å². The molecule has 0 atom stereocenters. The third-order valence-electron chi connectivity index (χ3n) is 3.68. The fraction of sp³-hybridized carbons (Fsp3) is 0.368. The van der Waals surface area contributed by atoms with Gasteiger partial charge in [0.25, 0.3) is 5.91 Å². The van der Waals surface area contributed by atoms with Gasteiger partial charge in [-0.25, -0.2) is 4.98 Å². The molecule has 2 aromatic rings. The average Bonchev–Trinajstić information content (AvgIpc) is 2.60. The summed E-state index contributed by atoms with van der Waals surface area (Å²) in [4.78, 5) is 16.2. The van der Waals surface area contributed by atoms with E-state index in [1.54, 1.807) is 19.4 Å². The van der Waals surface area contributed by atoms with E-state index in [1.165, 1.54) is 0 Å². The van der Waals surface area contributed by atoms with Crippen LogP contribution in [0.2, 0.25) is 0 Å². The number of carbonyl (C=O) groups excluding carboxylic acids is 1. The highest BCUT2D eigenvalue weighted by atomic mass is 16.5. The van der Waals surface area contributed by atoms with E-state index >= 15 is 0 Å².